The first kappa shape index (κ1) is 17.6. The Balaban J connectivity index is 1.37. The molecule has 2 aromatic carbocycles. The Kier molecular flexibility index (Phi) is 4.13. The maximum Gasteiger partial charge on any atom is 0.277 e. The number of hydrogen-bond donors (Lipinski definition) is 2. The molecule has 4 aromatic rings. The van der Waals surface area contributed by atoms with Gasteiger partial charge in [-0.15, -0.1) is 0 Å². The van der Waals surface area contributed by atoms with E-state index in [1.807, 2.05) is 12.1 Å². The summed E-state index contributed by atoms with van der Waals surface area (Å²) in [6, 6.07) is 13.2. The predicted molar refractivity (Wildman–Crippen MR) is 105 cm³/mol. The van der Waals surface area contributed by atoms with E-state index in [4.69, 9.17) is 0 Å². The van der Waals surface area contributed by atoms with Crippen molar-refractivity contribution in [2.45, 2.75) is 12.5 Å². The number of fused-ring (bicyclic) bond motifs is 1. The van der Waals surface area contributed by atoms with Crippen LogP contribution in [0, 0.1) is 5.82 Å². The minimum Gasteiger partial charge on any atom is -0.508 e. The fourth-order valence-corrected chi connectivity index (χ4v) is 3.68. The third-order valence-corrected chi connectivity index (χ3v) is 5.25. The Morgan fingerprint density at radius 2 is 1.83 bits per heavy atom. The van der Waals surface area contributed by atoms with Crippen molar-refractivity contribution in [2.24, 2.45) is 0 Å². The number of rotatable bonds is 4. The number of likely N-dealkylation sites (tertiary alicyclic amines) is 1. The van der Waals surface area contributed by atoms with Gasteiger partial charge in [-0.25, -0.2) is 13.9 Å². The second kappa shape index (κ2) is 6.82. The number of benzene rings is 2. The molecule has 1 aliphatic rings. The fraction of sp³-hybridized carbons (Fsp3) is 0.190. The van der Waals surface area contributed by atoms with Crippen LogP contribution in [0.5, 0.6) is 5.75 Å². The number of phenolic OH excluding ortho intramolecular Hbond substituents is 1. The van der Waals surface area contributed by atoms with Crippen molar-refractivity contribution in [3.05, 3.63) is 82.3 Å². The Labute approximate surface area is 165 Å². The van der Waals surface area contributed by atoms with Crippen molar-refractivity contribution in [3.63, 3.8) is 0 Å². The molecule has 7 nitrogen and oxygen atoms in total. The maximum atomic E-state index is 13.2. The number of phenols is 1. The Hall–Kier alpha value is -3.52. The average molecular weight is 391 g/mol. The number of nitrogens with one attached hydrogen (secondary N) is 1. The molecular weight excluding hydrogens is 373 g/mol. The molecule has 0 spiro atoms. The number of hydrogen-bond acceptors (Lipinski definition) is 5. The van der Waals surface area contributed by atoms with Gasteiger partial charge in [0.1, 0.15) is 17.4 Å². The van der Waals surface area contributed by atoms with Crippen LogP contribution in [0.4, 0.5) is 4.39 Å². The summed E-state index contributed by atoms with van der Waals surface area (Å²) in [5.41, 5.74) is 1.96. The summed E-state index contributed by atoms with van der Waals surface area (Å²) >= 11 is 0. The highest BCUT2D eigenvalue weighted by molar-refractivity contribution is 5.60. The van der Waals surface area contributed by atoms with Gasteiger partial charge in [0.05, 0.1) is 12.7 Å². The fourth-order valence-electron chi connectivity index (χ4n) is 3.68. The summed E-state index contributed by atoms with van der Waals surface area (Å²) in [6.45, 7) is 2.21. The van der Waals surface area contributed by atoms with Gasteiger partial charge in [0, 0.05) is 24.6 Å². The summed E-state index contributed by atoms with van der Waals surface area (Å²) < 4.78 is 14.7. The lowest BCUT2D eigenvalue weighted by Gasteiger charge is -2.39. The molecule has 0 bridgehead atoms. The quantitative estimate of drug-likeness (QED) is 0.558. The van der Waals surface area contributed by atoms with E-state index in [1.165, 1.54) is 28.4 Å². The van der Waals surface area contributed by atoms with Crippen molar-refractivity contribution in [1.82, 2.24) is 24.5 Å². The molecule has 0 aliphatic carbocycles. The summed E-state index contributed by atoms with van der Waals surface area (Å²) in [4.78, 5) is 21.8. The van der Waals surface area contributed by atoms with Crippen LogP contribution in [0.25, 0.3) is 16.9 Å². The summed E-state index contributed by atoms with van der Waals surface area (Å²) in [5.74, 6) is 1.37. The lowest BCUT2D eigenvalue weighted by molar-refractivity contribution is 0.135. The highest BCUT2D eigenvalue weighted by Crippen LogP contribution is 2.28. The van der Waals surface area contributed by atoms with Crippen LogP contribution in [-0.2, 0) is 6.54 Å². The Morgan fingerprint density at radius 3 is 2.55 bits per heavy atom. The molecule has 1 aliphatic heterocycles. The first-order valence-electron chi connectivity index (χ1n) is 9.31. The molecule has 1 saturated heterocycles. The summed E-state index contributed by atoms with van der Waals surface area (Å²) in [6.07, 6.45) is 1.47. The van der Waals surface area contributed by atoms with E-state index in [9.17, 15) is 14.3 Å². The molecule has 3 heterocycles. The number of aromatic hydroxyl groups is 1. The molecule has 8 heteroatoms. The zero-order valence-electron chi connectivity index (χ0n) is 15.4. The number of halogens is 1. The van der Waals surface area contributed by atoms with E-state index in [-0.39, 0.29) is 17.1 Å². The monoisotopic (exact) mass is 391 g/mol. The molecule has 0 atom stereocenters. The van der Waals surface area contributed by atoms with E-state index in [0.29, 0.717) is 35.2 Å². The molecule has 2 N–H and O–H groups in total. The minimum atomic E-state index is -0.331. The van der Waals surface area contributed by atoms with E-state index in [1.54, 1.807) is 24.3 Å². The van der Waals surface area contributed by atoms with Crippen LogP contribution in [0.15, 0.2) is 59.5 Å². The van der Waals surface area contributed by atoms with Gasteiger partial charge >= 0.3 is 0 Å². The molecular formula is C21H18FN5O2. The van der Waals surface area contributed by atoms with Crippen molar-refractivity contribution >= 4 is 5.52 Å². The van der Waals surface area contributed by atoms with E-state index in [0.717, 1.165) is 13.1 Å². The highest BCUT2D eigenvalue weighted by atomic mass is 19.1. The smallest absolute Gasteiger partial charge is 0.277 e. The summed E-state index contributed by atoms with van der Waals surface area (Å²) in [5, 5.41) is 14.0. The predicted octanol–water partition coefficient (Wildman–Crippen LogP) is 2.53. The van der Waals surface area contributed by atoms with Gasteiger partial charge in [0.25, 0.3) is 5.56 Å². The van der Waals surface area contributed by atoms with Crippen LogP contribution in [0.2, 0.25) is 0 Å². The van der Waals surface area contributed by atoms with Crippen molar-refractivity contribution in [3.8, 4) is 17.1 Å². The standard InChI is InChI=1S/C21H18FN5O2/c22-16-5-1-14(2-6-16)20-23-9-18-21(29)24-19(25-27(18)20)12-26-10-15(11-26)13-3-7-17(28)8-4-13/h1-9,15,28H,10-12H2,(H,24,25,29). The zero-order valence-corrected chi connectivity index (χ0v) is 15.4. The minimum absolute atomic E-state index is 0.258. The molecule has 0 radical (unpaired) electrons. The van der Waals surface area contributed by atoms with Gasteiger partial charge in [-0.1, -0.05) is 12.1 Å². The Morgan fingerprint density at radius 1 is 1.10 bits per heavy atom. The van der Waals surface area contributed by atoms with Crippen LogP contribution in [0.1, 0.15) is 17.3 Å². The van der Waals surface area contributed by atoms with Crippen molar-refractivity contribution < 1.29 is 9.50 Å². The second-order valence-electron chi connectivity index (χ2n) is 7.27. The van der Waals surface area contributed by atoms with Crippen LogP contribution < -0.4 is 5.56 Å². The van der Waals surface area contributed by atoms with Gasteiger partial charge in [0.2, 0.25) is 0 Å². The lowest BCUT2D eigenvalue weighted by atomic mass is 9.91. The first-order valence-corrected chi connectivity index (χ1v) is 9.31. The number of aromatic nitrogens is 4. The average Bonchev–Trinajstić information content (AvgIpc) is 3.10. The highest BCUT2D eigenvalue weighted by Gasteiger charge is 2.28. The molecule has 5 rings (SSSR count). The topological polar surface area (TPSA) is 86.5 Å². The summed E-state index contributed by atoms with van der Waals surface area (Å²) in [7, 11) is 0. The molecule has 0 unspecified atom stereocenters. The van der Waals surface area contributed by atoms with Crippen molar-refractivity contribution in [1.29, 1.82) is 0 Å². The number of imidazole rings is 1. The zero-order chi connectivity index (χ0) is 20.0. The molecule has 146 valence electrons. The lowest BCUT2D eigenvalue weighted by Crippen LogP contribution is -2.44. The van der Waals surface area contributed by atoms with E-state index < -0.39 is 0 Å². The Bertz CT molecular complexity index is 1220. The van der Waals surface area contributed by atoms with Gasteiger partial charge in [-0.05, 0) is 42.0 Å². The molecule has 29 heavy (non-hydrogen) atoms. The molecule has 0 amide bonds. The van der Waals surface area contributed by atoms with Crippen molar-refractivity contribution in [2.75, 3.05) is 13.1 Å². The van der Waals surface area contributed by atoms with E-state index in [2.05, 4.69) is 20.0 Å². The third kappa shape index (κ3) is 3.27. The van der Waals surface area contributed by atoms with Crippen LogP contribution >= 0.6 is 0 Å². The van der Waals surface area contributed by atoms with Gasteiger partial charge < -0.3 is 10.1 Å². The second-order valence-corrected chi connectivity index (χ2v) is 7.27. The van der Waals surface area contributed by atoms with E-state index >= 15 is 0 Å². The number of nitrogens with zero attached hydrogens (tertiary/aromatic N) is 4. The first-order chi connectivity index (χ1) is 14.1. The molecule has 1 fully saturated rings. The maximum absolute atomic E-state index is 13.2. The normalized spacial score (nSPS) is 14.9. The third-order valence-electron chi connectivity index (χ3n) is 5.25. The largest absolute Gasteiger partial charge is 0.508 e. The van der Waals surface area contributed by atoms with Crippen LogP contribution in [0.3, 0.4) is 0 Å². The SMILES string of the molecule is O=c1[nH]c(CN2CC(c3ccc(O)cc3)C2)nn2c(-c3ccc(F)cc3)ncc12. The molecule has 0 saturated carbocycles. The number of H-pyrrole nitrogens is 1. The molecule has 2 aromatic heterocycles. The van der Waals surface area contributed by atoms with Gasteiger partial charge in [0.15, 0.2) is 11.3 Å². The van der Waals surface area contributed by atoms with Gasteiger partial charge in [-0.2, -0.15) is 5.10 Å². The van der Waals surface area contributed by atoms with Gasteiger partial charge in [-0.3, -0.25) is 9.69 Å². The van der Waals surface area contributed by atoms with Crippen LogP contribution in [-0.4, -0.2) is 42.7 Å². The number of aromatic amines is 1.